The summed E-state index contributed by atoms with van der Waals surface area (Å²) < 4.78 is 42.2. The summed E-state index contributed by atoms with van der Waals surface area (Å²) in [7, 11) is 0. The van der Waals surface area contributed by atoms with Gasteiger partial charge in [0.05, 0.1) is 11.8 Å². The summed E-state index contributed by atoms with van der Waals surface area (Å²) in [6.45, 7) is 0.114. The molecule has 0 amide bonds. The SMILES string of the molecule is Nc1cnc(COc2ccc(C(F)(F)F)cc2)[nH]1. The Hall–Kier alpha value is -2.18. The number of hydrogen-bond donors (Lipinski definition) is 2. The van der Waals surface area contributed by atoms with Crippen LogP contribution in [0.5, 0.6) is 5.75 Å². The highest BCUT2D eigenvalue weighted by Crippen LogP contribution is 2.30. The predicted octanol–water partition coefficient (Wildman–Crippen LogP) is 2.59. The number of aromatic amines is 1. The second kappa shape index (κ2) is 4.59. The molecule has 0 bridgehead atoms. The van der Waals surface area contributed by atoms with E-state index in [4.69, 9.17) is 10.5 Å². The minimum Gasteiger partial charge on any atom is -0.486 e. The minimum atomic E-state index is -4.34. The Kier molecular flexibility index (Phi) is 3.14. The molecule has 96 valence electrons. The summed E-state index contributed by atoms with van der Waals surface area (Å²) in [6.07, 6.45) is -2.90. The van der Waals surface area contributed by atoms with Gasteiger partial charge in [0.25, 0.3) is 0 Å². The van der Waals surface area contributed by atoms with Gasteiger partial charge in [-0.25, -0.2) is 4.98 Å². The van der Waals surface area contributed by atoms with Crippen LogP contribution in [0.4, 0.5) is 19.0 Å². The molecule has 0 unspecified atom stereocenters. The first kappa shape index (κ1) is 12.3. The largest absolute Gasteiger partial charge is 0.486 e. The second-order valence-electron chi connectivity index (χ2n) is 3.60. The molecule has 0 aliphatic carbocycles. The summed E-state index contributed by atoms with van der Waals surface area (Å²) in [6, 6.07) is 4.45. The number of benzene rings is 1. The molecule has 2 aromatic rings. The molecular formula is C11H10F3N3O. The maximum atomic E-state index is 12.3. The van der Waals surface area contributed by atoms with Crippen LogP contribution in [0.25, 0.3) is 0 Å². The number of halogens is 3. The lowest BCUT2D eigenvalue weighted by Crippen LogP contribution is -2.04. The molecule has 0 atom stereocenters. The Labute approximate surface area is 101 Å². The highest BCUT2D eigenvalue weighted by atomic mass is 19.4. The van der Waals surface area contributed by atoms with Crippen molar-refractivity contribution in [3.63, 3.8) is 0 Å². The van der Waals surface area contributed by atoms with E-state index in [1.807, 2.05) is 0 Å². The zero-order valence-corrected chi connectivity index (χ0v) is 9.16. The molecule has 1 heterocycles. The third-order valence-corrected chi connectivity index (χ3v) is 2.21. The van der Waals surface area contributed by atoms with Crippen molar-refractivity contribution >= 4 is 5.82 Å². The molecule has 0 saturated carbocycles. The van der Waals surface area contributed by atoms with Crippen LogP contribution in [-0.4, -0.2) is 9.97 Å². The first-order chi connectivity index (χ1) is 8.45. The minimum absolute atomic E-state index is 0.114. The Morgan fingerprint density at radius 2 is 1.89 bits per heavy atom. The van der Waals surface area contributed by atoms with E-state index in [0.29, 0.717) is 17.4 Å². The van der Waals surface area contributed by atoms with Crippen molar-refractivity contribution in [2.75, 3.05) is 5.73 Å². The van der Waals surface area contributed by atoms with E-state index in [1.165, 1.54) is 18.3 Å². The normalized spacial score (nSPS) is 11.5. The Morgan fingerprint density at radius 1 is 1.22 bits per heavy atom. The average Bonchev–Trinajstić information content (AvgIpc) is 2.72. The van der Waals surface area contributed by atoms with Crippen molar-refractivity contribution in [3.05, 3.63) is 41.9 Å². The van der Waals surface area contributed by atoms with Crippen molar-refractivity contribution in [3.8, 4) is 5.75 Å². The molecule has 1 aromatic carbocycles. The van der Waals surface area contributed by atoms with Crippen molar-refractivity contribution in [2.24, 2.45) is 0 Å². The molecule has 4 nitrogen and oxygen atoms in total. The molecular weight excluding hydrogens is 247 g/mol. The van der Waals surface area contributed by atoms with Gasteiger partial charge in [-0.1, -0.05) is 0 Å². The van der Waals surface area contributed by atoms with Gasteiger partial charge < -0.3 is 15.5 Å². The number of rotatable bonds is 3. The number of alkyl halides is 3. The van der Waals surface area contributed by atoms with E-state index in [2.05, 4.69) is 9.97 Å². The van der Waals surface area contributed by atoms with E-state index >= 15 is 0 Å². The van der Waals surface area contributed by atoms with Gasteiger partial charge in [-0.15, -0.1) is 0 Å². The molecule has 0 radical (unpaired) electrons. The van der Waals surface area contributed by atoms with Crippen molar-refractivity contribution in [2.45, 2.75) is 12.8 Å². The smallest absolute Gasteiger partial charge is 0.416 e. The molecule has 0 saturated heterocycles. The molecule has 0 spiro atoms. The van der Waals surface area contributed by atoms with Crippen LogP contribution in [-0.2, 0) is 12.8 Å². The zero-order valence-electron chi connectivity index (χ0n) is 9.16. The Morgan fingerprint density at radius 3 is 2.39 bits per heavy atom. The number of nitrogen functional groups attached to an aromatic ring is 1. The molecule has 7 heteroatoms. The van der Waals surface area contributed by atoms with Crippen molar-refractivity contribution in [1.82, 2.24) is 9.97 Å². The first-order valence-electron chi connectivity index (χ1n) is 5.04. The molecule has 2 rings (SSSR count). The van der Waals surface area contributed by atoms with Gasteiger partial charge >= 0.3 is 6.18 Å². The molecule has 0 aliphatic heterocycles. The number of nitrogens with zero attached hydrogens (tertiary/aromatic N) is 1. The van der Waals surface area contributed by atoms with Gasteiger partial charge in [-0.05, 0) is 24.3 Å². The number of nitrogens with two attached hydrogens (primary N) is 1. The number of H-pyrrole nitrogens is 1. The van der Waals surface area contributed by atoms with Crippen LogP contribution in [0.15, 0.2) is 30.5 Å². The van der Waals surface area contributed by atoms with Gasteiger partial charge in [0, 0.05) is 0 Å². The fourth-order valence-electron chi connectivity index (χ4n) is 1.34. The van der Waals surface area contributed by atoms with Crippen LogP contribution < -0.4 is 10.5 Å². The van der Waals surface area contributed by atoms with Gasteiger partial charge in [-0.3, -0.25) is 0 Å². The lowest BCUT2D eigenvalue weighted by Gasteiger charge is -2.08. The monoisotopic (exact) mass is 257 g/mol. The van der Waals surface area contributed by atoms with Gasteiger partial charge in [0.2, 0.25) is 0 Å². The number of nitrogens with one attached hydrogen (secondary N) is 1. The van der Waals surface area contributed by atoms with Crippen molar-refractivity contribution < 1.29 is 17.9 Å². The molecule has 0 aliphatic rings. The molecule has 0 fully saturated rings. The summed E-state index contributed by atoms with van der Waals surface area (Å²) in [4.78, 5) is 6.65. The summed E-state index contributed by atoms with van der Waals surface area (Å²) >= 11 is 0. The lowest BCUT2D eigenvalue weighted by molar-refractivity contribution is -0.137. The van der Waals surface area contributed by atoms with E-state index in [0.717, 1.165) is 12.1 Å². The molecule has 1 aromatic heterocycles. The molecule has 18 heavy (non-hydrogen) atoms. The van der Waals surface area contributed by atoms with Gasteiger partial charge in [0.1, 0.15) is 24.0 Å². The van der Waals surface area contributed by atoms with Crippen molar-refractivity contribution in [1.29, 1.82) is 0 Å². The highest BCUT2D eigenvalue weighted by Gasteiger charge is 2.29. The third kappa shape index (κ3) is 2.93. The first-order valence-corrected chi connectivity index (χ1v) is 5.04. The summed E-state index contributed by atoms with van der Waals surface area (Å²) in [5.41, 5.74) is 4.71. The molecule has 3 N–H and O–H groups in total. The van der Waals surface area contributed by atoms with E-state index in [9.17, 15) is 13.2 Å². The zero-order chi connectivity index (χ0) is 13.2. The average molecular weight is 257 g/mol. The third-order valence-electron chi connectivity index (χ3n) is 2.21. The summed E-state index contributed by atoms with van der Waals surface area (Å²) in [5.74, 6) is 1.24. The van der Waals surface area contributed by atoms with Gasteiger partial charge in [0.15, 0.2) is 0 Å². The lowest BCUT2D eigenvalue weighted by atomic mass is 10.2. The van der Waals surface area contributed by atoms with E-state index in [1.54, 1.807) is 0 Å². The fraction of sp³-hybridized carbons (Fsp3) is 0.182. The number of imidazole rings is 1. The fourth-order valence-corrected chi connectivity index (χ4v) is 1.34. The van der Waals surface area contributed by atoms with Crippen LogP contribution in [0, 0.1) is 0 Å². The Balaban J connectivity index is 1.98. The number of hydrogen-bond acceptors (Lipinski definition) is 3. The number of anilines is 1. The standard InChI is InChI=1S/C11H10F3N3O/c12-11(13,14)7-1-3-8(4-2-7)18-6-10-16-5-9(15)17-10/h1-5H,6,15H2,(H,16,17). The second-order valence-corrected chi connectivity index (χ2v) is 3.60. The van der Waals surface area contributed by atoms with Gasteiger partial charge in [-0.2, -0.15) is 13.2 Å². The summed E-state index contributed by atoms with van der Waals surface area (Å²) in [5, 5.41) is 0. The quantitative estimate of drug-likeness (QED) is 0.888. The van der Waals surface area contributed by atoms with Crippen LogP contribution in [0.3, 0.4) is 0 Å². The number of aromatic nitrogens is 2. The maximum Gasteiger partial charge on any atom is 0.416 e. The maximum absolute atomic E-state index is 12.3. The van der Waals surface area contributed by atoms with E-state index in [-0.39, 0.29) is 6.61 Å². The Bertz CT molecular complexity index is 519. The number of ether oxygens (including phenoxy) is 1. The highest BCUT2D eigenvalue weighted by molar-refractivity contribution is 5.29. The van der Waals surface area contributed by atoms with Crippen LogP contribution >= 0.6 is 0 Å². The van der Waals surface area contributed by atoms with E-state index < -0.39 is 11.7 Å². The van der Waals surface area contributed by atoms with Crippen LogP contribution in [0.2, 0.25) is 0 Å². The topological polar surface area (TPSA) is 63.9 Å². The predicted molar refractivity (Wildman–Crippen MR) is 58.8 cm³/mol. The van der Waals surface area contributed by atoms with Crippen LogP contribution in [0.1, 0.15) is 11.4 Å².